The second-order valence-electron chi connectivity index (χ2n) is 2.82. The number of esters is 1. The highest BCUT2D eigenvalue weighted by Crippen LogP contribution is 2.02. The first-order valence-corrected chi connectivity index (χ1v) is 4.11. The molecule has 0 saturated carbocycles. The van der Waals surface area contributed by atoms with Crippen LogP contribution in [-0.4, -0.2) is 31.5 Å². The fraction of sp³-hybridized carbons (Fsp3) is 0.750. The Morgan fingerprint density at radius 1 is 1.75 bits per heavy atom. The van der Waals surface area contributed by atoms with Crippen molar-refractivity contribution in [2.24, 2.45) is 4.99 Å². The van der Waals surface area contributed by atoms with Gasteiger partial charge in [-0.1, -0.05) is 0 Å². The Morgan fingerprint density at radius 3 is 3.00 bits per heavy atom. The number of methoxy groups -OCH3 is 1. The quantitative estimate of drug-likeness (QED) is 0.607. The Bertz CT molecular complexity index is 201. The van der Waals surface area contributed by atoms with Gasteiger partial charge in [0.1, 0.15) is 6.04 Å². The minimum absolute atomic E-state index is 0.246. The number of carbonyl (C=O) groups excluding carboxylic acids is 1. The third kappa shape index (κ3) is 2.22. The first-order chi connectivity index (χ1) is 5.74. The van der Waals surface area contributed by atoms with Crippen LogP contribution in [0.4, 0.5) is 0 Å². The molecule has 4 heteroatoms. The van der Waals surface area contributed by atoms with E-state index >= 15 is 0 Å². The van der Waals surface area contributed by atoms with Crippen molar-refractivity contribution in [3.63, 3.8) is 0 Å². The van der Waals surface area contributed by atoms with Gasteiger partial charge < -0.3 is 10.1 Å². The summed E-state index contributed by atoms with van der Waals surface area (Å²) in [6.45, 7) is 2.64. The van der Waals surface area contributed by atoms with Crippen molar-refractivity contribution in [3.8, 4) is 0 Å². The molecule has 12 heavy (non-hydrogen) atoms. The van der Waals surface area contributed by atoms with Crippen molar-refractivity contribution >= 4 is 11.8 Å². The van der Waals surface area contributed by atoms with E-state index in [0.717, 1.165) is 25.2 Å². The SMILES string of the molecule is COC(=O)C(C)NC1=NCCC1. The van der Waals surface area contributed by atoms with E-state index in [9.17, 15) is 4.79 Å². The molecule has 0 aromatic rings. The molecule has 1 aliphatic heterocycles. The van der Waals surface area contributed by atoms with Gasteiger partial charge in [-0.3, -0.25) is 4.99 Å². The van der Waals surface area contributed by atoms with Crippen LogP contribution in [0.1, 0.15) is 19.8 Å². The largest absolute Gasteiger partial charge is 0.467 e. The lowest BCUT2D eigenvalue weighted by molar-refractivity contribution is -0.142. The van der Waals surface area contributed by atoms with Gasteiger partial charge in [0, 0.05) is 13.0 Å². The molecule has 4 nitrogen and oxygen atoms in total. The van der Waals surface area contributed by atoms with Crippen LogP contribution in [0.15, 0.2) is 4.99 Å². The number of nitrogens with one attached hydrogen (secondary N) is 1. The van der Waals surface area contributed by atoms with E-state index in [1.54, 1.807) is 6.92 Å². The van der Waals surface area contributed by atoms with Crippen molar-refractivity contribution in [1.82, 2.24) is 5.32 Å². The molecule has 0 aliphatic carbocycles. The van der Waals surface area contributed by atoms with Crippen LogP contribution < -0.4 is 5.32 Å². The maximum Gasteiger partial charge on any atom is 0.328 e. The first-order valence-electron chi connectivity index (χ1n) is 4.11. The summed E-state index contributed by atoms with van der Waals surface area (Å²) in [7, 11) is 1.39. The van der Waals surface area contributed by atoms with Gasteiger partial charge in [0.25, 0.3) is 0 Å². The van der Waals surface area contributed by atoms with E-state index in [0.29, 0.717) is 0 Å². The molecule has 1 aliphatic rings. The van der Waals surface area contributed by atoms with Crippen LogP contribution in [0.2, 0.25) is 0 Å². The van der Waals surface area contributed by atoms with Crippen molar-refractivity contribution in [2.75, 3.05) is 13.7 Å². The number of nitrogens with zero attached hydrogens (tertiary/aromatic N) is 1. The molecule has 0 aromatic carbocycles. The number of amidine groups is 1. The third-order valence-electron chi connectivity index (χ3n) is 1.81. The lowest BCUT2D eigenvalue weighted by Gasteiger charge is -2.11. The van der Waals surface area contributed by atoms with Gasteiger partial charge in [-0.25, -0.2) is 4.79 Å². The second kappa shape index (κ2) is 4.09. The maximum absolute atomic E-state index is 11.0. The summed E-state index contributed by atoms with van der Waals surface area (Å²) < 4.78 is 4.57. The fourth-order valence-corrected chi connectivity index (χ4v) is 1.14. The molecule has 0 bridgehead atoms. The molecular weight excluding hydrogens is 156 g/mol. The summed E-state index contributed by atoms with van der Waals surface area (Å²) in [6, 6.07) is -0.285. The molecule has 1 rings (SSSR count). The zero-order chi connectivity index (χ0) is 8.97. The Hall–Kier alpha value is -1.06. The van der Waals surface area contributed by atoms with Gasteiger partial charge in [0.15, 0.2) is 0 Å². The highest BCUT2D eigenvalue weighted by Gasteiger charge is 2.15. The molecule has 1 N–H and O–H groups in total. The molecule has 1 unspecified atom stereocenters. The van der Waals surface area contributed by atoms with Crippen LogP contribution in [0, 0.1) is 0 Å². The summed E-state index contributed by atoms with van der Waals surface area (Å²) in [5.74, 6) is 0.678. The summed E-state index contributed by atoms with van der Waals surface area (Å²) >= 11 is 0. The van der Waals surface area contributed by atoms with Gasteiger partial charge in [-0.2, -0.15) is 0 Å². The highest BCUT2D eigenvalue weighted by atomic mass is 16.5. The Morgan fingerprint density at radius 2 is 2.50 bits per heavy atom. The predicted octanol–water partition coefficient (Wildman–Crippen LogP) is 0.330. The zero-order valence-corrected chi connectivity index (χ0v) is 7.46. The van der Waals surface area contributed by atoms with Gasteiger partial charge >= 0.3 is 5.97 Å². The molecule has 0 radical (unpaired) electrons. The van der Waals surface area contributed by atoms with Crippen molar-refractivity contribution in [1.29, 1.82) is 0 Å². The number of aliphatic imine (C=N–C) groups is 1. The molecule has 0 spiro atoms. The summed E-state index contributed by atoms with van der Waals surface area (Å²) in [6.07, 6.45) is 2.03. The summed E-state index contributed by atoms with van der Waals surface area (Å²) in [5, 5.41) is 3.00. The Balaban J connectivity index is 2.34. The summed E-state index contributed by atoms with van der Waals surface area (Å²) in [4.78, 5) is 15.1. The maximum atomic E-state index is 11.0. The lowest BCUT2D eigenvalue weighted by Crippen LogP contribution is -2.38. The molecule has 1 heterocycles. The monoisotopic (exact) mass is 170 g/mol. The van der Waals surface area contributed by atoms with E-state index in [1.807, 2.05) is 0 Å². The molecular formula is C8H14N2O2. The topological polar surface area (TPSA) is 50.7 Å². The Kier molecular flexibility index (Phi) is 3.08. The first kappa shape index (κ1) is 9.03. The lowest BCUT2D eigenvalue weighted by atomic mass is 10.3. The second-order valence-corrected chi connectivity index (χ2v) is 2.82. The van der Waals surface area contributed by atoms with E-state index in [1.165, 1.54) is 7.11 Å². The standard InChI is InChI=1S/C8H14N2O2/c1-6(8(11)12-2)10-7-4-3-5-9-7/h6H,3-5H2,1-2H3,(H,9,10). The highest BCUT2D eigenvalue weighted by molar-refractivity contribution is 5.88. The molecule has 0 fully saturated rings. The van der Waals surface area contributed by atoms with E-state index < -0.39 is 0 Å². The van der Waals surface area contributed by atoms with Gasteiger partial charge in [-0.15, -0.1) is 0 Å². The van der Waals surface area contributed by atoms with Crippen molar-refractivity contribution < 1.29 is 9.53 Å². The van der Waals surface area contributed by atoms with E-state index in [2.05, 4.69) is 15.0 Å². The minimum Gasteiger partial charge on any atom is -0.467 e. The number of hydrogen-bond acceptors (Lipinski definition) is 4. The van der Waals surface area contributed by atoms with Gasteiger partial charge in [0.2, 0.25) is 0 Å². The van der Waals surface area contributed by atoms with E-state index in [-0.39, 0.29) is 12.0 Å². The number of hydrogen-bond donors (Lipinski definition) is 1. The van der Waals surface area contributed by atoms with Crippen LogP contribution in [0.5, 0.6) is 0 Å². The minimum atomic E-state index is -0.285. The average molecular weight is 170 g/mol. The molecule has 0 saturated heterocycles. The van der Waals surface area contributed by atoms with Crippen molar-refractivity contribution in [2.45, 2.75) is 25.8 Å². The number of carbonyl (C=O) groups is 1. The van der Waals surface area contributed by atoms with Crippen molar-refractivity contribution in [3.05, 3.63) is 0 Å². The van der Waals surface area contributed by atoms with Crippen LogP contribution >= 0.6 is 0 Å². The van der Waals surface area contributed by atoms with Crippen LogP contribution in [0.25, 0.3) is 0 Å². The predicted molar refractivity (Wildman–Crippen MR) is 46.1 cm³/mol. The Labute approximate surface area is 72.0 Å². The molecule has 68 valence electrons. The van der Waals surface area contributed by atoms with Crippen LogP contribution in [0.3, 0.4) is 0 Å². The van der Waals surface area contributed by atoms with Gasteiger partial charge in [0.05, 0.1) is 12.9 Å². The molecule has 1 atom stereocenters. The number of rotatable bonds is 2. The fourth-order valence-electron chi connectivity index (χ4n) is 1.14. The summed E-state index contributed by atoms with van der Waals surface area (Å²) in [5.41, 5.74) is 0. The van der Waals surface area contributed by atoms with Crippen LogP contribution in [-0.2, 0) is 9.53 Å². The zero-order valence-electron chi connectivity index (χ0n) is 7.46. The third-order valence-corrected chi connectivity index (χ3v) is 1.81. The number of ether oxygens (including phenoxy) is 1. The smallest absolute Gasteiger partial charge is 0.328 e. The molecule has 0 aromatic heterocycles. The van der Waals surface area contributed by atoms with Gasteiger partial charge in [-0.05, 0) is 13.3 Å². The normalized spacial score (nSPS) is 18.3. The average Bonchev–Trinajstić information content (AvgIpc) is 2.55. The van der Waals surface area contributed by atoms with E-state index in [4.69, 9.17) is 0 Å². The molecule has 0 amide bonds.